The minimum Gasteiger partial charge on any atom is -0.387 e. The molecule has 0 aromatic heterocycles. The van der Waals surface area contributed by atoms with Crippen LogP contribution in [0, 0.1) is 17.8 Å². The number of carbonyl (C=O) groups is 2. The number of aliphatic hydroxyl groups is 1. The summed E-state index contributed by atoms with van der Waals surface area (Å²) in [5, 5.41) is 10.9. The van der Waals surface area contributed by atoms with E-state index in [0.717, 1.165) is 12.8 Å². The van der Waals surface area contributed by atoms with Crippen LogP contribution in [0.15, 0.2) is 11.6 Å². The Bertz CT molecular complexity index is 519. The molecule has 3 aliphatic rings. The van der Waals surface area contributed by atoms with Gasteiger partial charge in [0.05, 0.1) is 23.7 Å². The number of carbonyl (C=O) groups excluding carboxylic acids is 2. The van der Waals surface area contributed by atoms with Crippen LogP contribution < -0.4 is 0 Å². The van der Waals surface area contributed by atoms with Crippen LogP contribution >= 0.6 is 0 Å². The van der Waals surface area contributed by atoms with Crippen molar-refractivity contribution in [1.29, 1.82) is 0 Å². The second kappa shape index (κ2) is 5.57. The highest BCUT2D eigenvalue weighted by Crippen LogP contribution is 2.50. The summed E-state index contributed by atoms with van der Waals surface area (Å²) in [4.78, 5) is 24.6. The number of hydrogen-bond donors (Lipinski definition) is 1. The molecule has 4 heteroatoms. The molecule has 3 rings (SSSR count). The minimum absolute atomic E-state index is 0.122. The molecule has 22 heavy (non-hydrogen) atoms. The summed E-state index contributed by atoms with van der Waals surface area (Å²) in [6.07, 6.45) is 4.74. The summed E-state index contributed by atoms with van der Waals surface area (Å²) < 4.78 is 6.20. The molecule has 0 aromatic rings. The molecule has 2 heterocycles. The molecule has 6 atom stereocenters. The van der Waals surface area contributed by atoms with Gasteiger partial charge in [-0.15, -0.1) is 0 Å². The van der Waals surface area contributed by atoms with Crippen LogP contribution in [0.2, 0.25) is 0 Å². The van der Waals surface area contributed by atoms with Crippen molar-refractivity contribution in [2.45, 2.75) is 70.7 Å². The minimum atomic E-state index is -0.996. The normalized spacial score (nSPS) is 47.7. The van der Waals surface area contributed by atoms with Gasteiger partial charge in [0.2, 0.25) is 0 Å². The summed E-state index contributed by atoms with van der Waals surface area (Å²) >= 11 is 0. The summed E-state index contributed by atoms with van der Waals surface area (Å²) in [5.41, 5.74) is 0.212. The second-order valence-electron chi connectivity index (χ2n) is 7.57. The Morgan fingerprint density at radius 3 is 2.86 bits per heavy atom. The molecule has 2 fully saturated rings. The van der Waals surface area contributed by atoms with Gasteiger partial charge < -0.3 is 9.84 Å². The van der Waals surface area contributed by atoms with Gasteiger partial charge in [0, 0.05) is 18.3 Å². The zero-order chi connectivity index (χ0) is 16.1. The molecule has 0 radical (unpaired) electrons. The molecular weight excluding hydrogens is 280 g/mol. The number of fused-ring (bicyclic) bond motifs is 5. The third-order valence-electron chi connectivity index (χ3n) is 5.83. The van der Waals surface area contributed by atoms with Crippen LogP contribution in [-0.2, 0) is 14.3 Å². The predicted octanol–water partition coefficient (Wildman–Crippen LogP) is 2.44. The fraction of sp³-hybridized carbons (Fsp3) is 0.778. The van der Waals surface area contributed by atoms with Crippen molar-refractivity contribution in [3.63, 3.8) is 0 Å². The Morgan fingerprint density at radius 1 is 1.45 bits per heavy atom. The maximum absolute atomic E-state index is 12.5. The molecule has 122 valence electrons. The van der Waals surface area contributed by atoms with E-state index < -0.39 is 11.7 Å². The number of allylic oxidation sites excluding steroid dienone is 1. The molecule has 0 unspecified atom stereocenters. The lowest BCUT2D eigenvalue weighted by molar-refractivity contribution is -0.136. The van der Waals surface area contributed by atoms with Gasteiger partial charge in [0.15, 0.2) is 0 Å². The highest BCUT2D eigenvalue weighted by molar-refractivity contribution is 5.87. The summed E-state index contributed by atoms with van der Waals surface area (Å²) in [6, 6.07) is 0. The van der Waals surface area contributed by atoms with Gasteiger partial charge >= 0.3 is 0 Å². The van der Waals surface area contributed by atoms with E-state index in [1.807, 2.05) is 0 Å². The maximum Gasteiger partial charge on any atom is 0.139 e. The summed E-state index contributed by atoms with van der Waals surface area (Å²) in [5.74, 6) is -0.228. The molecule has 0 aromatic carbocycles. The highest BCUT2D eigenvalue weighted by Gasteiger charge is 2.58. The van der Waals surface area contributed by atoms with Gasteiger partial charge in [0.25, 0.3) is 0 Å². The number of ether oxygens (including phenoxy) is 1. The molecule has 4 nitrogen and oxygen atoms in total. The van der Waals surface area contributed by atoms with Crippen LogP contribution in [0.1, 0.15) is 52.9 Å². The van der Waals surface area contributed by atoms with E-state index in [1.165, 1.54) is 5.57 Å². The fourth-order valence-corrected chi connectivity index (χ4v) is 4.70. The van der Waals surface area contributed by atoms with Crippen molar-refractivity contribution in [1.82, 2.24) is 0 Å². The zero-order valence-electron chi connectivity index (χ0n) is 13.7. The van der Waals surface area contributed by atoms with E-state index in [4.69, 9.17) is 4.74 Å². The van der Waals surface area contributed by atoms with E-state index in [0.29, 0.717) is 19.3 Å². The SMILES string of the molecule is CC(=O)[C@@H]1CCC(=O)[C@@H]2[C@H]1[C@@H]1O[C@H]2C/C(C)=C\CC[C@@]1(C)O. The first-order chi connectivity index (χ1) is 10.3. The van der Waals surface area contributed by atoms with E-state index in [-0.39, 0.29) is 35.4 Å². The van der Waals surface area contributed by atoms with Crippen molar-refractivity contribution >= 4 is 11.6 Å². The zero-order valence-corrected chi connectivity index (χ0v) is 13.7. The first-order valence-corrected chi connectivity index (χ1v) is 8.38. The maximum atomic E-state index is 12.5. The lowest BCUT2D eigenvalue weighted by atomic mass is 9.64. The molecule has 1 N–H and O–H groups in total. The Balaban J connectivity index is 2.03. The average Bonchev–Trinajstić information content (AvgIpc) is 2.80. The molecule has 0 spiro atoms. The number of Topliss-reactive ketones (excluding diaryl/α,β-unsaturated/α-hetero) is 2. The van der Waals surface area contributed by atoms with Crippen molar-refractivity contribution < 1.29 is 19.4 Å². The molecule has 2 bridgehead atoms. The molecular formula is C18H26O4. The lowest BCUT2D eigenvalue weighted by Gasteiger charge is -2.39. The van der Waals surface area contributed by atoms with Crippen LogP contribution in [-0.4, -0.2) is 34.5 Å². The second-order valence-corrected chi connectivity index (χ2v) is 7.57. The Morgan fingerprint density at radius 2 is 2.18 bits per heavy atom. The van der Waals surface area contributed by atoms with Gasteiger partial charge in [-0.3, -0.25) is 9.59 Å². The van der Waals surface area contributed by atoms with Gasteiger partial charge in [0.1, 0.15) is 11.6 Å². The highest BCUT2D eigenvalue weighted by atomic mass is 16.5. The Labute approximate surface area is 131 Å². The first kappa shape index (κ1) is 15.9. The first-order valence-electron chi connectivity index (χ1n) is 8.38. The third-order valence-corrected chi connectivity index (χ3v) is 5.83. The van der Waals surface area contributed by atoms with Gasteiger partial charge in [-0.25, -0.2) is 0 Å². The monoisotopic (exact) mass is 306 g/mol. The van der Waals surface area contributed by atoms with Gasteiger partial charge in [-0.2, -0.15) is 0 Å². The van der Waals surface area contributed by atoms with Gasteiger partial charge in [-0.05, 0) is 46.5 Å². The number of rotatable bonds is 1. The van der Waals surface area contributed by atoms with Crippen LogP contribution in [0.4, 0.5) is 0 Å². The Kier molecular flexibility index (Phi) is 4.02. The lowest BCUT2D eigenvalue weighted by Crippen LogP contribution is -2.49. The quantitative estimate of drug-likeness (QED) is 0.756. The summed E-state index contributed by atoms with van der Waals surface area (Å²) in [7, 11) is 0. The van der Waals surface area contributed by atoms with E-state index >= 15 is 0 Å². The molecule has 1 aliphatic carbocycles. The van der Waals surface area contributed by atoms with Crippen molar-refractivity contribution in [2.75, 3.05) is 0 Å². The van der Waals surface area contributed by atoms with Crippen LogP contribution in [0.5, 0.6) is 0 Å². The third kappa shape index (κ3) is 2.56. The fourth-order valence-electron chi connectivity index (χ4n) is 4.70. The topological polar surface area (TPSA) is 63.6 Å². The number of ketones is 2. The van der Waals surface area contributed by atoms with E-state index in [2.05, 4.69) is 13.0 Å². The van der Waals surface area contributed by atoms with Crippen molar-refractivity contribution in [3.05, 3.63) is 11.6 Å². The van der Waals surface area contributed by atoms with Crippen molar-refractivity contribution in [3.8, 4) is 0 Å². The number of hydrogen-bond acceptors (Lipinski definition) is 4. The Hall–Kier alpha value is -1.00. The average molecular weight is 306 g/mol. The molecule has 1 saturated heterocycles. The standard InChI is InChI=1S/C18H26O4/c1-10-5-4-8-18(3,21)17-15-12(11(2)19)6-7-13(20)16(15)14(9-10)22-17/h5,12,14-17,21H,4,6-9H2,1-3H3/b10-5-/t12-,14-,15-,16-,17-,18+/m0/s1. The van der Waals surface area contributed by atoms with Crippen LogP contribution in [0.3, 0.4) is 0 Å². The van der Waals surface area contributed by atoms with Crippen molar-refractivity contribution in [2.24, 2.45) is 17.8 Å². The largest absolute Gasteiger partial charge is 0.387 e. The van der Waals surface area contributed by atoms with E-state index in [1.54, 1.807) is 13.8 Å². The predicted molar refractivity (Wildman–Crippen MR) is 82.3 cm³/mol. The van der Waals surface area contributed by atoms with E-state index in [9.17, 15) is 14.7 Å². The molecule has 0 amide bonds. The molecule has 1 saturated carbocycles. The van der Waals surface area contributed by atoms with Crippen LogP contribution in [0.25, 0.3) is 0 Å². The molecule has 2 aliphatic heterocycles. The van der Waals surface area contributed by atoms with Gasteiger partial charge in [-0.1, -0.05) is 11.6 Å². The smallest absolute Gasteiger partial charge is 0.139 e. The summed E-state index contributed by atoms with van der Waals surface area (Å²) in [6.45, 7) is 5.46.